The smallest absolute Gasteiger partial charge is 0.243 e. The molecule has 9 heavy (non-hydrogen) atoms. The van der Waals surface area contributed by atoms with Crippen LogP contribution in [-0.2, 0) is 9.59 Å². The number of nitrogens with one attached hydrogen (secondary N) is 1. The van der Waals surface area contributed by atoms with Gasteiger partial charge in [-0.3, -0.25) is 14.9 Å². The van der Waals surface area contributed by atoms with E-state index in [1.54, 1.807) is 0 Å². The van der Waals surface area contributed by atoms with Crippen LogP contribution in [0.4, 0.5) is 0 Å². The molecule has 1 atom stereocenters. The molecule has 0 fully saturated rings. The van der Waals surface area contributed by atoms with Crippen molar-refractivity contribution in [3.05, 3.63) is 0 Å². The molecule has 0 spiro atoms. The maximum absolute atomic E-state index is 10.5. The van der Waals surface area contributed by atoms with Gasteiger partial charge in [0.05, 0.1) is 6.04 Å². The van der Waals surface area contributed by atoms with Gasteiger partial charge in [0, 0.05) is 6.92 Å². The Morgan fingerprint density at radius 1 is 1.56 bits per heavy atom. The molecule has 0 saturated heterocycles. The molecule has 0 bridgehead atoms. The molecule has 0 aliphatic heterocycles. The molecule has 0 unspecified atom stereocenters. The molecule has 0 aromatic rings. The molecule has 0 aliphatic rings. The van der Waals surface area contributed by atoms with Crippen LogP contribution >= 0.6 is 0 Å². The second-order valence-corrected chi connectivity index (χ2v) is 1.83. The van der Waals surface area contributed by atoms with Crippen molar-refractivity contribution in [2.24, 2.45) is 5.73 Å². The van der Waals surface area contributed by atoms with E-state index in [4.69, 9.17) is 5.73 Å². The van der Waals surface area contributed by atoms with Crippen molar-refractivity contribution >= 4 is 11.8 Å². The van der Waals surface area contributed by atoms with E-state index in [2.05, 4.69) is 0 Å². The van der Waals surface area contributed by atoms with Crippen LogP contribution in [0.2, 0.25) is 0 Å². The fourth-order valence-electron chi connectivity index (χ4n) is 0.287. The predicted octanol–water partition coefficient (Wildman–Crippen LogP) is -1.00. The zero-order valence-electron chi connectivity index (χ0n) is 5.47. The number of hydrogen-bond donors (Lipinski definition) is 2. The lowest BCUT2D eigenvalue weighted by Gasteiger charge is -2.01. The summed E-state index contributed by atoms with van der Waals surface area (Å²) in [5.41, 5.74) is 5.12. The van der Waals surface area contributed by atoms with Gasteiger partial charge in [-0.2, -0.15) is 0 Å². The van der Waals surface area contributed by atoms with E-state index in [1.165, 1.54) is 13.8 Å². The first-order valence-corrected chi connectivity index (χ1v) is 2.61. The minimum atomic E-state index is -0.617. The highest BCUT2D eigenvalue weighted by atomic mass is 16.2. The topological polar surface area (TPSA) is 72.2 Å². The average molecular weight is 130 g/mol. The first kappa shape index (κ1) is 8.10. The summed E-state index contributed by atoms with van der Waals surface area (Å²) in [7, 11) is 0. The Morgan fingerprint density at radius 3 is 2.11 bits per heavy atom. The Hall–Kier alpha value is -0.900. The van der Waals surface area contributed by atoms with Crippen molar-refractivity contribution in [1.29, 1.82) is 0 Å². The van der Waals surface area contributed by atoms with Crippen LogP contribution in [0.3, 0.4) is 0 Å². The summed E-state index contributed by atoms with van der Waals surface area (Å²) in [6, 6.07) is -0.617. The van der Waals surface area contributed by atoms with Crippen LogP contribution < -0.4 is 11.1 Å². The fourth-order valence-corrected chi connectivity index (χ4v) is 0.287. The molecule has 4 heteroatoms. The summed E-state index contributed by atoms with van der Waals surface area (Å²) in [4.78, 5) is 20.7. The Kier molecular flexibility index (Phi) is 2.87. The normalized spacial score (nSPS) is 12.3. The van der Waals surface area contributed by atoms with Gasteiger partial charge in [-0.25, -0.2) is 0 Å². The lowest BCUT2D eigenvalue weighted by Crippen LogP contribution is -2.40. The van der Waals surface area contributed by atoms with Crippen molar-refractivity contribution in [2.75, 3.05) is 0 Å². The van der Waals surface area contributed by atoms with Gasteiger partial charge >= 0.3 is 0 Å². The van der Waals surface area contributed by atoms with Crippen molar-refractivity contribution in [3.63, 3.8) is 0 Å². The van der Waals surface area contributed by atoms with Crippen LogP contribution in [0.15, 0.2) is 0 Å². The lowest BCUT2D eigenvalue weighted by molar-refractivity contribution is -0.129. The maximum atomic E-state index is 10.5. The summed E-state index contributed by atoms with van der Waals surface area (Å²) < 4.78 is 0. The van der Waals surface area contributed by atoms with Gasteiger partial charge in [-0.1, -0.05) is 0 Å². The zero-order chi connectivity index (χ0) is 7.44. The van der Waals surface area contributed by atoms with Gasteiger partial charge < -0.3 is 5.73 Å². The maximum Gasteiger partial charge on any atom is 0.243 e. The predicted molar refractivity (Wildman–Crippen MR) is 32.5 cm³/mol. The van der Waals surface area contributed by atoms with E-state index in [1.807, 2.05) is 5.32 Å². The highest BCUT2D eigenvalue weighted by Gasteiger charge is 2.06. The molecule has 52 valence electrons. The Labute approximate surface area is 53.4 Å². The van der Waals surface area contributed by atoms with Crippen molar-refractivity contribution in [2.45, 2.75) is 19.9 Å². The van der Waals surface area contributed by atoms with Gasteiger partial charge in [0.25, 0.3) is 0 Å². The van der Waals surface area contributed by atoms with Crippen LogP contribution in [0.1, 0.15) is 13.8 Å². The summed E-state index contributed by atoms with van der Waals surface area (Å²) in [5.74, 6) is -0.820. The Balaban J connectivity index is 3.64. The Bertz CT molecular complexity index is 131. The van der Waals surface area contributed by atoms with E-state index in [9.17, 15) is 9.59 Å². The number of rotatable bonds is 1. The van der Waals surface area contributed by atoms with Crippen LogP contribution in [0, 0.1) is 0 Å². The third kappa shape index (κ3) is 3.66. The monoisotopic (exact) mass is 130 g/mol. The second-order valence-electron chi connectivity index (χ2n) is 1.83. The number of amides is 2. The second kappa shape index (κ2) is 3.19. The van der Waals surface area contributed by atoms with Gasteiger partial charge in [0.15, 0.2) is 0 Å². The third-order valence-corrected chi connectivity index (χ3v) is 0.713. The van der Waals surface area contributed by atoms with E-state index >= 15 is 0 Å². The molecule has 0 radical (unpaired) electrons. The number of carbonyl (C=O) groups is 2. The van der Waals surface area contributed by atoms with E-state index in [-0.39, 0.29) is 5.91 Å². The molecule has 0 heterocycles. The van der Waals surface area contributed by atoms with Gasteiger partial charge in [0.2, 0.25) is 11.8 Å². The summed E-state index contributed by atoms with van der Waals surface area (Å²) in [6.45, 7) is 2.78. The highest BCUT2D eigenvalue weighted by Crippen LogP contribution is 1.73. The van der Waals surface area contributed by atoms with E-state index in [0.29, 0.717) is 0 Å². The summed E-state index contributed by atoms with van der Waals surface area (Å²) in [5, 5.41) is 2.04. The molecule has 0 aromatic heterocycles. The van der Waals surface area contributed by atoms with Gasteiger partial charge in [0.1, 0.15) is 0 Å². The molecule has 0 aliphatic carbocycles. The summed E-state index contributed by atoms with van der Waals surface area (Å²) >= 11 is 0. The van der Waals surface area contributed by atoms with Crippen LogP contribution in [-0.4, -0.2) is 17.9 Å². The van der Waals surface area contributed by atoms with E-state index in [0.717, 1.165) is 0 Å². The summed E-state index contributed by atoms with van der Waals surface area (Å²) in [6.07, 6.45) is 0. The van der Waals surface area contributed by atoms with Crippen LogP contribution in [0.25, 0.3) is 0 Å². The molecule has 2 amide bonds. The molecule has 4 nitrogen and oxygen atoms in total. The first-order valence-electron chi connectivity index (χ1n) is 2.61. The molecule has 3 N–H and O–H groups in total. The lowest BCUT2D eigenvalue weighted by atomic mass is 10.3. The molecule has 0 rings (SSSR count). The largest absolute Gasteiger partial charge is 0.320 e. The number of imide groups is 1. The molecule has 0 saturated carbocycles. The molecular formula is C5H10N2O2. The zero-order valence-corrected chi connectivity index (χ0v) is 5.47. The minimum Gasteiger partial charge on any atom is -0.320 e. The van der Waals surface area contributed by atoms with Crippen molar-refractivity contribution in [3.8, 4) is 0 Å². The van der Waals surface area contributed by atoms with Gasteiger partial charge in [-0.15, -0.1) is 0 Å². The average Bonchev–Trinajstić information content (AvgIpc) is 1.63. The number of nitrogens with two attached hydrogens (primary N) is 1. The number of carbonyl (C=O) groups excluding carboxylic acids is 2. The minimum absolute atomic E-state index is 0.377. The SMILES string of the molecule is CC(=O)NC(=O)[C@H](C)N. The van der Waals surface area contributed by atoms with Crippen molar-refractivity contribution in [1.82, 2.24) is 5.32 Å². The fraction of sp³-hybridized carbons (Fsp3) is 0.600. The highest BCUT2D eigenvalue weighted by molar-refractivity contribution is 5.96. The van der Waals surface area contributed by atoms with Crippen LogP contribution in [0.5, 0.6) is 0 Å². The first-order chi connectivity index (χ1) is 4.04. The number of hydrogen-bond acceptors (Lipinski definition) is 3. The third-order valence-electron chi connectivity index (χ3n) is 0.713. The van der Waals surface area contributed by atoms with Crippen molar-refractivity contribution < 1.29 is 9.59 Å². The molecular weight excluding hydrogens is 120 g/mol. The Morgan fingerprint density at radius 2 is 2.00 bits per heavy atom. The van der Waals surface area contributed by atoms with E-state index < -0.39 is 11.9 Å². The standard InChI is InChI=1S/C5H10N2O2/c1-3(6)5(9)7-4(2)8/h3H,6H2,1-2H3,(H,7,8,9)/t3-/m0/s1. The quantitative estimate of drug-likeness (QED) is 0.478. The van der Waals surface area contributed by atoms with Gasteiger partial charge in [-0.05, 0) is 6.92 Å². The molecule has 0 aromatic carbocycles.